The van der Waals surface area contributed by atoms with E-state index in [2.05, 4.69) is 12.3 Å². The highest BCUT2D eigenvalue weighted by molar-refractivity contribution is 5.74. The van der Waals surface area contributed by atoms with Crippen molar-refractivity contribution < 1.29 is 4.79 Å². The number of carbonyl (C=O) groups is 1. The average molecular weight is 160 g/mol. The van der Waals surface area contributed by atoms with Gasteiger partial charge in [-0.3, -0.25) is 11.3 Å². The van der Waals surface area contributed by atoms with Crippen LogP contribution in [0.25, 0.3) is 0 Å². The van der Waals surface area contributed by atoms with Crippen LogP contribution in [0.4, 0.5) is 0 Å². The van der Waals surface area contributed by atoms with Gasteiger partial charge in [0, 0.05) is 13.0 Å². The van der Waals surface area contributed by atoms with E-state index in [9.17, 15) is 4.79 Å². The quantitative estimate of drug-likeness (QED) is 0.369. The maximum Gasteiger partial charge on any atom is 0.129 e. The van der Waals surface area contributed by atoms with Gasteiger partial charge in [-0.05, 0) is 13.3 Å². The van der Waals surface area contributed by atoms with E-state index in [0.29, 0.717) is 6.42 Å². The lowest BCUT2D eigenvalue weighted by Crippen LogP contribution is -2.22. The van der Waals surface area contributed by atoms with Crippen LogP contribution in [0.3, 0.4) is 0 Å². The molecular formula is C8H20N2O. The minimum absolute atomic E-state index is 0.255. The molecule has 0 spiro atoms. The zero-order valence-corrected chi connectivity index (χ0v) is 7.81. The molecule has 68 valence electrons. The van der Waals surface area contributed by atoms with Crippen LogP contribution in [0.2, 0.25) is 0 Å². The number of carbonyl (C=O) groups excluding carboxylic acids is 1. The number of unbranched alkanes of at least 4 members (excludes halogenated alkanes) is 1. The molecule has 0 saturated heterocycles. The molecule has 3 heteroatoms. The Morgan fingerprint density at radius 2 is 1.91 bits per heavy atom. The van der Waals surface area contributed by atoms with E-state index < -0.39 is 0 Å². The summed E-state index contributed by atoms with van der Waals surface area (Å²) in [6.45, 7) is 6.51. The monoisotopic (exact) mass is 160 g/mol. The summed E-state index contributed by atoms with van der Waals surface area (Å²) >= 11 is 0. The molecule has 0 amide bonds. The van der Waals surface area contributed by atoms with Gasteiger partial charge in [0.1, 0.15) is 5.78 Å². The zero-order chi connectivity index (χ0) is 9.11. The summed E-state index contributed by atoms with van der Waals surface area (Å²) in [7, 11) is 0. The van der Waals surface area contributed by atoms with E-state index in [1.807, 2.05) is 6.92 Å². The van der Waals surface area contributed by atoms with Crippen LogP contribution in [0.5, 0.6) is 0 Å². The lowest BCUT2D eigenvalue weighted by molar-refractivity contribution is -0.116. The first-order valence-corrected chi connectivity index (χ1v) is 4.11. The molecule has 0 bridgehead atoms. The highest BCUT2D eigenvalue weighted by atomic mass is 16.1. The number of hydrazine groups is 1. The Labute approximate surface area is 69.3 Å². The zero-order valence-electron chi connectivity index (χ0n) is 7.81. The fourth-order valence-corrected chi connectivity index (χ4v) is 0.279. The van der Waals surface area contributed by atoms with Crippen molar-refractivity contribution in [2.24, 2.45) is 5.84 Å². The molecule has 0 aliphatic heterocycles. The molecular weight excluding hydrogens is 140 g/mol. The number of hydrogen-bond donors (Lipinski definition) is 2. The molecule has 0 aliphatic carbocycles. The van der Waals surface area contributed by atoms with Crippen molar-refractivity contribution in [1.29, 1.82) is 0 Å². The predicted octanol–water partition coefficient (Wildman–Crippen LogP) is 1.24. The second-order valence-electron chi connectivity index (χ2n) is 2.36. The SMILES string of the molecule is CCC(C)=O.CCCCNN. The van der Waals surface area contributed by atoms with Crippen LogP contribution in [-0.4, -0.2) is 12.3 Å². The van der Waals surface area contributed by atoms with Crippen LogP contribution in [0, 0.1) is 0 Å². The smallest absolute Gasteiger partial charge is 0.129 e. The van der Waals surface area contributed by atoms with Crippen LogP contribution in [-0.2, 0) is 4.79 Å². The molecule has 0 rings (SSSR count). The Balaban J connectivity index is 0. The Kier molecular flexibility index (Phi) is 14.7. The van der Waals surface area contributed by atoms with Crippen LogP contribution >= 0.6 is 0 Å². The van der Waals surface area contributed by atoms with Gasteiger partial charge in [0.05, 0.1) is 0 Å². The molecule has 11 heavy (non-hydrogen) atoms. The van der Waals surface area contributed by atoms with E-state index in [1.54, 1.807) is 6.92 Å². The van der Waals surface area contributed by atoms with E-state index in [-0.39, 0.29) is 5.78 Å². The first-order valence-electron chi connectivity index (χ1n) is 4.11. The molecule has 3 N–H and O–H groups in total. The van der Waals surface area contributed by atoms with Crippen LogP contribution < -0.4 is 11.3 Å². The van der Waals surface area contributed by atoms with Gasteiger partial charge in [0.25, 0.3) is 0 Å². The Morgan fingerprint density at radius 1 is 1.45 bits per heavy atom. The first-order chi connectivity index (χ1) is 5.18. The lowest BCUT2D eigenvalue weighted by Gasteiger charge is -1.89. The molecule has 0 heterocycles. The third-order valence-corrected chi connectivity index (χ3v) is 1.17. The number of nitrogens with two attached hydrogens (primary N) is 1. The summed E-state index contributed by atoms with van der Waals surface area (Å²) in [5, 5.41) is 0. The molecule has 3 nitrogen and oxygen atoms in total. The summed E-state index contributed by atoms with van der Waals surface area (Å²) in [5.74, 6) is 5.22. The Bertz CT molecular complexity index is 80.2. The van der Waals surface area contributed by atoms with Crippen molar-refractivity contribution in [3.05, 3.63) is 0 Å². The second kappa shape index (κ2) is 12.3. The molecule has 0 unspecified atom stereocenters. The van der Waals surface area contributed by atoms with Crippen molar-refractivity contribution in [1.82, 2.24) is 5.43 Å². The standard InChI is InChI=1S/C4H12N2.C4H8O/c1-2-3-4-6-5;1-3-4(2)5/h6H,2-5H2,1H3;3H2,1-2H3. The van der Waals surface area contributed by atoms with E-state index in [4.69, 9.17) is 5.84 Å². The molecule has 0 aromatic carbocycles. The second-order valence-corrected chi connectivity index (χ2v) is 2.36. The Hall–Kier alpha value is -0.410. The van der Waals surface area contributed by atoms with Gasteiger partial charge >= 0.3 is 0 Å². The average Bonchev–Trinajstić information content (AvgIpc) is 2.02. The number of nitrogens with one attached hydrogen (secondary N) is 1. The normalized spacial score (nSPS) is 8.36. The van der Waals surface area contributed by atoms with Crippen molar-refractivity contribution in [3.63, 3.8) is 0 Å². The molecule has 0 saturated carbocycles. The van der Waals surface area contributed by atoms with Gasteiger partial charge in [-0.2, -0.15) is 0 Å². The Morgan fingerprint density at radius 3 is 2.00 bits per heavy atom. The van der Waals surface area contributed by atoms with Crippen molar-refractivity contribution >= 4 is 5.78 Å². The summed E-state index contributed by atoms with van der Waals surface area (Å²) in [6, 6.07) is 0. The van der Waals surface area contributed by atoms with Crippen molar-refractivity contribution in [3.8, 4) is 0 Å². The fraction of sp³-hybridized carbons (Fsp3) is 0.875. The third kappa shape index (κ3) is 26.2. The van der Waals surface area contributed by atoms with E-state index >= 15 is 0 Å². The number of hydrogen-bond acceptors (Lipinski definition) is 3. The van der Waals surface area contributed by atoms with Crippen LogP contribution in [0.15, 0.2) is 0 Å². The van der Waals surface area contributed by atoms with Crippen molar-refractivity contribution in [2.45, 2.75) is 40.0 Å². The molecule has 0 aliphatic rings. The first kappa shape index (κ1) is 13.2. The maximum absolute atomic E-state index is 9.81. The van der Waals surface area contributed by atoms with E-state index in [0.717, 1.165) is 6.54 Å². The van der Waals surface area contributed by atoms with Gasteiger partial charge in [-0.25, -0.2) is 0 Å². The molecule has 0 aromatic rings. The largest absolute Gasteiger partial charge is 0.300 e. The van der Waals surface area contributed by atoms with Gasteiger partial charge < -0.3 is 4.79 Å². The molecule has 0 radical (unpaired) electrons. The van der Waals surface area contributed by atoms with Gasteiger partial charge in [-0.1, -0.05) is 20.3 Å². The van der Waals surface area contributed by atoms with Crippen molar-refractivity contribution in [2.75, 3.05) is 6.54 Å². The summed E-state index contributed by atoms with van der Waals surface area (Å²) in [5.41, 5.74) is 2.57. The fourth-order valence-electron chi connectivity index (χ4n) is 0.279. The van der Waals surface area contributed by atoms with Gasteiger partial charge in [0.2, 0.25) is 0 Å². The highest BCUT2D eigenvalue weighted by Gasteiger charge is 1.77. The highest BCUT2D eigenvalue weighted by Crippen LogP contribution is 1.78. The molecule has 0 atom stereocenters. The van der Waals surface area contributed by atoms with Gasteiger partial charge in [-0.15, -0.1) is 0 Å². The number of rotatable bonds is 4. The van der Waals surface area contributed by atoms with Crippen LogP contribution in [0.1, 0.15) is 40.0 Å². The predicted molar refractivity (Wildman–Crippen MR) is 48.1 cm³/mol. The minimum Gasteiger partial charge on any atom is -0.300 e. The third-order valence-electron chi connectivity index (χ3n) is 1.17. The molecule has 0 aromatic heterocycles. The summed E-state index contributed by atoms with van der Waals surface area (Å²) in [4.78, 5) is 9.81. The summed E-state index contributed by atoms with van der Waals surface area (Å²) < 4.78 is 0. The summed E-state index contributed by atoms with van der Waals surface area (Å²) in [6.07, 6.45) is 3.06. The van der Waals surface area contributed by atoms with E-state index in [1.165, 1.54) is 12.8 Å². The van der Waals surface area contributed by atoms with Gasteiger partial charge in [0.15, 0.2) is 0 Å². The maximum atomic E-state index is 9.81. The minimum atomic E-state index is 0.255. The topological polar surface area (TPSA) is 55.1 Å². The molecule has 0 fully saturated rings. The number of Topliss-reactive ketones (excluding diaryl/α,β-unsaturated/α-hetero) is 1. The number of ketones is 1. The lowest BCUT2D eigenvalue weighted by atomic mass is 10.3.